The van der Waals surface area contributed by atoms with Crippen LogP contribution in [0.4, 0.5) is 10.1 Å². The van der Waals surface area contributed by atoms with Crippen molar-refractivity contribution in [3.8, 4) is 0 Å². The quantitative estimate of drug-likeness (QED) is 0.916. The van der Waals surface area contributed by atoms with Gasteiger partial charge in [0.25, 0.3) is 0 Å². The molecule has 0 bridgehead atoms. The van der Waals surface area contributed by atoms with Gasteiger partial charge in [-0.2, -0.15) is 0 Å². The van der Waals surface area contributed by atoms with Crippen molar-refractivity contribution in [1.29, 1.82) is 0 Å². The number of hydrogen-bond acceptors (Lipinski definition) is 3. The first kappa shape index (κ1) is 16.9. The Morgan fingerprint density at radius 2 is 2.17 bits per heavy atom. The van der Waals surface area contributed by atoms with Crippen molar-refractivity contribution < 1.29 is 19.1 Å². The second kappa shape index (κ2) is 6.89. The Bertz CT molecular complexity index is 649. The van der Waals surface area contributed by atoms with E-state index in [1.54, 1.807) is 15.9 Å². The van der Waals surface area contributed by atoms with Crippen LogP contribution >= 0.6 is 0 Å². The first-order valence-corrected chi connectivity index (χ1v) is 8.50. The third kappa shape index (κ3) is 3.43. The van der Waals surface area contributed by atoms with Crippen molar-refractivity contribution in [3.63, 3.8) is 0 Å². The van der Waals surface area contributed by atoms with Gasteiger partial charge in [-0.1, -0.05) is 6.92 Å². The number of amides is 2. The highest BCUT2D eigenvalue weighted by Crippen LogP contribution is 2.28. The highest BCUT2D eigenvalue weighted by atomic mass is 19.1. The fourth-order valence-electron chi connectivity index (χ4n) is 3.41. The van der Waals surface area contributed by atoms with Gasteiger partial charge >= 0.3 is 0 Å². The molecule has 0 aliphatic carbocycles. The number of hydrogen-bond donors (Lipinski definition) is 1. The lowest BCUT2D eigenvalue weighted by atomic mass is 9.96. The van der Waals surface area contributed by atoms with Crippen LogP contribution < -0.4 is 4.90 Å². The molecule has 1 saturated heterocycles. The number of β-amino-alcohol motifs (C(OH)–C–C–N with tert-alkyl or cyclic N) is 1. The molecule has 3 rings (SSSR count). The van der Waals surface area contributed by atoms with Crippen LogP contribution in [0.5, 0.6) is 0 Å². The van der Waals surface area contributed by atoms with Crippen LogP contribution in [-0.2, 0) is 16.0 Å². The van der Waals surface area contributed by atoms with Crippen LogP contribution in [0, 0.1) is 11.7 Å². The molecular weight excluding hydrogens is 311 g/mol. The van der Waals surface area contributed by atoms with Gasteiger partial charge in [0.15, 0.2) is 0 Å². The van der Waals surface area contributed by atoms with E-state index in [9.17, 15) is 19.1 Å². The molecule has 5 nitrogen and oxygen atoms in total. The van der Waals surface area contributed by atoms with Crippen LogP contribution in [0.25, 0.3) is 0 Å². The van der Waals surface area contributed by atoms with Gasteiger partial charge in [-0.3, -0.25) is 9.59 Å². The van der Waals surface area contributed by atoms with Gasteiger partial charge < -0.3 is 14.9 Å². The minimum atomic E-state index is -0.483. The zero-order valence-electron chi connectivity index (χ0n) is 13.9. The van der Waals surface area contributed by atoms with Crippen LogP contribution in [0.3, 0.4) is 0 Å². The molecule has 2 atom stereocenters. The summed E-state index contributed by atoms with van der Waals surface area (Å²) in [6.45, 7) is 3.27. The van der Waals surface area contributed by atoms with E-state index < -0.39 is 6.10 Å². The number of aliphatic hydroxyl groups excluding tert-OH is 1. The summed E-state index contributed by atoms with van der Waals surface area (Å²) in [7, 11) is 0. The maximum Gasteiger partial charge on any atom is 0.227 e. The summed E-state index contributed by atoms with van der Waals surface area (Å²) in [5.41, 5.74) is 1.51. The number of aliphatic hydroxyl groups is 1. The van der Waals surface area contributed by atoms with E-state index in [2.05, 4.69) is 0 Å². The molecule has 0 spiro atoms. The first-order chi connectivity index (χ1) is 11.5. The largest absolute Gasteiger partial charge is 0.391 e. The van der Waals surface area contributed by atoms with Crippen LogP contribution in [0.2, 0.25) is 0 Å². The van der Waals surface area contributed by atoms with Crippen molar-refractivity contribution in [3.05, 3.63) is 29.6 Å². The Morgan fingerprint density at radius 3 is 2.92 bits per heavy atom. The highest BCUT2D eigenvalue weighted by Gasteiger charge is 2.29. The second-order valence-corrected chi connectivity index (χ2v) is 6.74. The molecule has 2 heterocycles. The first-order valence-electron chi connectivity index (χ1n) is 8.50. The van der Waals surface area contributed by atoms with Gasteiger partial charge in [-0.05, 0) is 42.5 Å². The number of fused-ring (bicyclic) bond motifs is 1. The fraction of sp³-hybridized carbons (Fsp3) is 0.556. The molecular formula is C18H23FN2O3. The van der Waals surface area contributed by atoms with E-state index in [1.165, 1.54) is 12.1 Å². The average Bonchev–Trinajstić information content (AvgIpc) is 2.56. The second-order valence-electron chi connectivity index (χ2n) is 6.74. The van der Waals surface area contributed by atoms with E-state index in [0.29, 0.717) is 38.2 Å². The number of rotatable bonds is 3. The summed E-state index contributed by atoms with van der Waals surface area (Å²) in [4.78, 5) is 27.8. The molecule has 2 amide bonds. The molecule has 1 aromatic rings. The SMILES string of the molecule is CC1CCN(C(=O)CCN2C(=O)CCc3cc(F)ccc32)CC1O. The van der Waals surface area contributed by atoms with Crippen molar-refractivity contribution >= 4 is 17.5 Å². The lowest BCUT2D eigenvalue weighted by Gasteiger charge is -2.35. The number of piperidine rings is 1. The summed E-state index contributed by atoms with van der Waals surface area (Å²) in [6.07, 6.45) is 1.39. The van der Waals surface area contributed by atoms with E-state index in [0.717, 1.165) is 12.0 Å². The Morgan fingerprint density at radius 1 is 1.38 bits per heavy atom. The predicted molar refractivity (Wildman–Crippen MR) is 88.1 cm³/mol. The van der Waals surface area contributed by atoms with Gasteiger partial charge in [0.05, 0.1) is 6.10 Å². The maximum atomic E-state index is 13.4. The van der Waals surface area contributed by atoms with Crippen molar-refractivity contribution in [1.82, 2.24) is 4.90 Å². The zero-order chi connectivity index (χ0) is 17.3. The van der Waals surface area contributed by atoms with Gasteiger partial charge in [0.2, 0.25) is 11.8 Å². The molecule has 2 aliphatic rings. The third-order valence-corrected chi connectivity index (χ3v) is 5.06. The number of carbonyl (C=O) groups excluding carboxylic acids is 2. The molecule has 1 fully saturated rings. The van der Waals surface area contributed by atoms with E-state index >= 15 is 0 Å². The summed E-state index contributed by atoms with van der Waals surface area (Å²) in [5, 5.41) is 9.92. The van der Waals surface area contributed by atoms with Gasteiger partial charge in [0, 0.05) is 38.2 Å². The predicted octanol–water partition coefficient (Wildman–Crippen LogP) is 1.72. The van der Waals surface area contributed by atoms with Gasteiger partial charge in [0.1, 0.15) is 5.82 Å². The molecule has 6 heteroatoms. The number of nitrogens with zero attached hydrogens (tertiary/aromatic N) is 2. The molecule has 1 N–H and O–H groups in total. The van der Waals surface area contributed by atoms with Crippen LogP contribution in [-0.4, -0.2) is 47.6 Å². The normalized spacial score (nSPS) is 24.0. The Balaban J connectivity index is 1.64. The summed E-state index contributed by atoms with van der Waals surface area (Å²) in [5.74, 6) is -0.188. The Kier molecular flexibility index (Phi) is 4.85. The number of anilines is 1. The third-order valence-electron chi connectivity index (χ3n) is 5.06. The molecule has 1 aromatic carbocycles. The standard InChI is InChI=1S/C18H23FN2O3/c1-12-6-8-20(11-16(12)22)17(23)7-9-21-15-4-3-14(19)10-13(15)2-5-18(21)24/h3-4,10,12,16,22H,2,5-9,11H2,1H3. The highest BCUT2D eigenvalue weighted by molar-refractivity contribution is 5.97. The molecule has 2 unspecified atom stereocenters. The van der Waals surface area contributed by atoms with E-state index in [1.807, 2.05) is 6.92 Å². The van der Waals surface area contributed by atoms with Gasteiger partial charge in [-0.25, -0.2) is 4.39 Å². The molecule has 0 saturated carbocycles. The van der Waals surface area contributed by atoms with Crippen LogP contribution in [0.1, 0.15) is 31.7 Å². The van der Waals surface area contributed by atoms with Crippen molar-refractivity contribution in [2.45, 2.75) is 38.7 Å². The Hall–Kier alpha value is -1.95. The van der Waals surface area contributed by atoms with E-state index in [-0.39, 0.29) is 30.0 Å². The maximum absolute atomic E-state index is 13.4. The fourth-order valence-corrected chi connectivity index (χ4v) is 3.41. The molecule has 0 radical (unpaired) electrons. The average molecular weight is 334 g/mol. The monoisotopic (exact) mass is 334 g/mol. The molecule has 24 heavy (non-hydrogen) atoms. The Labute approximate surface area is 141 Å². The number of halogens is 1. The minimum Gasteiger partial charge on any atom is -0.391 e. The minimum absolute atomic E-state index is 0.0331. The summed E-state index contributed by atoms with van der Waals surface area (Å²) >= 11 is 0. The zero-order valence-corrected chi connectivity index (χ0v) is 13.9. The van der Waals surface area contributed by atoms with Crippen molar-refractivity contribution in [2.24, 2.45) is 5.92 Å². The topological polar surface area (TPSA) is 60.9 Å². The van der Waals surface area contributed by atoms with Crippen molar-refractivity contribution in [2.75, 3.05) is 24.5 Å². The molecule has 0 aromatic heterocycles. The smallest absolute Gasteiger partial charge is 0.227 e. The number of benzene rings is 1. The van der Waals surface area contributed by atoms with E-state index in [4.69, 9.17) is 0 Å². The number of likely N-dealkylation sites (tertiary alicyclic amines) is 1. The molecule has 130 valence electrons. The van der Waals surface area contributed by atoms with Gasteiger partial charge in [-0.15, -0.1) is 0 Å². The lowest BCUT2D eigenvalue weighted by molar-refractivity contribution is -0.135. The number of carbonyl (C=O) groups is 2. The number of aryl methyl sites for hydroxylation is 1. The summed E-state index contributed by atoms with van der Waals surface area (Å²) in [6, 6.07) is 4.41. The lowest BCUT2D eigenvalue weighted by Crippen LogP contribution is -2.47. The van der Waals surface area contributed by atoms with Crippen LogP contribution in [0.15, 0.2) is 18.2 Å². The summed E-state index contributed by atoms with van der Waals surface area (Å²) < 4.78 is 13.4. The molecule has 2 aliphatic heterocycles.